The molecule has 0 radical (unpaired) electrons. The van der Waals surface area contributed by atoms with Crippen LogP contribution in [0.4, 0.5) is 0 Å². The van der Waals surface area contributed by atoms with Crippen molar-refractivity contribution in [3.63, 3.8) is 0 Å². The average molecular weight is 408 g/mol. The normalized spacial score (nSPS) is 11.0. The average Bonchev–Trinajstić information content (AvgIpc) is 3.28. The Morgan fingerprint density at radius 3 is 2.62 bits per heavy atom. The van der Waals surface area contributed by atoms with Gasteiger partial charge in [0.25, 0.3) is 5.91 Å². The topological polar surface area (TPSA) is 93.1 Å². The van der Waals surface area contributed by atoms with Crippen molar-refractivity contribution < 1.29 is 13.2 Å². The molecule has 0 aliphatic heterocycles. The number of amides is 1. The van der Waals surface area contributed by atoms with Crippen LogP contribution in [0, 0.1) is 12.3 Å². The molecule has 0 spiro atoms. The van der Waals surface area contributed by atoms with Gasteiger partial charge in [-0.1, -0.05) is 24.1 Å². The number of nitrogens with one attached hydrogen (secondary N) is 2. The zero-order chi connectivity index (χ0) is 20.7. The Kier molecular flexibility index (Phi) is 6.44. The van der Waals surface area contributed by atoms with E-state index in [0.29, 0.717) is 13.0 Å². The van der Waals surface area contributed by atoms with Crippen LogP contribution in [0.25, 0.3) is 5.69 Å². The predicted octanol–water partition coefficient (Wildman–Crippen LogP) is 1.76. The van der Waals surface area contributed by atoms with Crippen molar-refractivity contribution in [3.05, 3.63) is 78.1 Å². The summed E-state index contributed by atoms with van der Waals surface area (Å²) in [6, 6.07) is 15.6. The fraction of sp³-hybridized carbons (Fsp3) is 0.143. The van der Waals surface area contributed by atoms with Gasteiger partial charge in [-0.05, 0) is 48.4 Å². The Balaban J connectivity index is 1.57. The van der Waals surface area contributed by atoms with E-state index in [2.05, 4.69) is 21.1 Å². The van der Waals surface area contributed by atoms with Gasteiger partial charge in [0, 0.05) is 24.5 Å². The first kappa shape index (κ1) is 20.3. The maximum Gasteiger partial charge on any atom is 0.251 e. The molecule has 0 saturated carbocycles. The highest BCUT2D eigenvalue weighted by atomic mass is 32.2. The lowest BCUT2D eigenvalue weighted by atomic mass is 10.1. The molecule has 0 saturated heterocycles. The standard InChI is InChI=1S/C21H20N4O3S/c1-2-12-24-29(27,28)20-6-3-5-18(16-20)21(26)22-14-11-17-7-9-19(10-8-17)25-15-4-13-23-25/h1,3-10,13,15-16,24H,11-12,14H2,(H,22,26). The van der Waals surface area contributed by atoms with Gasteiger partial charge in [0.05, 0.1) is 17.1 Å². The summed E-state index contributed by atoms with van der Waals surface area (Å²) in [5.74, 6) is 1.87. The fourth-order valence-corrected chi connectivity index (χ4v) is 3.66. The second kappa shape index (κ2) is 9.19. The van der Waals surface area contributed by atoms with Gasteiger partial charge in [0.15, 0.2) is 0 Å². The van der Waals surface area contributed by atoms with Crippen LogP contribution in [0.3, 0.4) is 0 Å². The van der Waals surface area contributed by atoms with Crippen LogP contribution in [0.2, 0.25) is 0 Å². The van der Waals surface area contributed by atoms with E-state index in [1.54, 1.807) is 16.9 Å². The Morgan fingerprint density at radius 2 is 1.93 bits per heavy atom. The minimum absolute atomic E-state index is 0.00499. The zero-order valence-corrected chi connectivity index (χ0v) is 16.4. The van der Waals surface area contributed by atoms with Crippen LogP contribution >= 0.6 is 0 Å². The molecule has 29 heavy (non-hydrogen) atoms. The molecule has 2 aromatic carbocycles. The van der Waals surface area contributed by atoms with E-state index in [-0.39, 0.29) is 22.9 Å². The summed E-state index contributed by atoms with van der Waals surface area (Å²) in [6.07, 6.45) is 9.31. The van der Waals surface area contributed by atoms with Crippen LogP contribution in [0.5, 0.6) is 0 Å². The molecule has 0 aliphatic carbocycles. The molecule has 0 fully saturated rings. The molecule has 2 N–H and O–H groups in total. The maximum atomic E-state index is 12.4. The molecule has 3 rings (SSSR count). The van der Waals surface area contributed by atoms with E-state index in [9.17, 15) is 13.2 Å². The Hall–Kier alpha value is -3.41. The van der Waals surface area contributed by atoms with Crippen molar-refractivity contribution in [2.45, 2.75) is 11.3 Å². The number of hydrogen-bond acceptors (Lipinski definition) is 4. The SMILES string of the molecule is C#CCNS(=O)(=O)c1cccc(C(=O)NCCc2ccc(-n3cccn3)cc2)c1. The van der Waals surface area contributed by atoms with E-state index in [0.717, 1.165) is 11.3 Å². The summed E-state index contributed by atoms with van der Waals surface area (Å²) in [5.41, 5.74) is 2.29. The van der Waals surface area contributed by atoms with E-state index >= 15 is 0 Å². The Bertz CT molecular complexity index is 1120. The summed E-state index contributed by atoms with van der Waals surface area (Å²) >= 11 is 0. The molecule has 0 bridgehead atoms. The second-order valence-corrected chi connectivity index (χ2v) is 7.95. The molecule has 1 heterocycles. The number of carbonyl (C=O) groups is 1. The Morgan fingerprint density at radius 1 is 1.14 bits per heavy atom. The minimum atomic E-state index is -3.74. The predicted molar refractivity (Wildman–Crippen MR) is 110 cm³/mol. The number of rotatable bonds is 8. The van der Waals surface area contributed by atoms with Gasteiger partial charge in [-0.2, -0.15) is 9.82 Å². The van der Waals surface area contributed by atoms with Gasteiger partial charge in [0.2, 0.25) is 10.0 Å². The van der Waals surface area contributed by atoms with E-state index in [1.807, 2.05) is 36.5 Å². The number of terminal acetylenes is 1. The van der Waals surface area contributed by atoms with Crippen LogP contribution in [0.1, 0.15) is 15.9 Å². The monoisotopic (exact) mass is 408 g/mol. The summed E-state index contributed by atoms with van der Waals surface area (Å²) in [5, 5.41) is 6.99. The van der Waals surface area contributed by atoms with Gasteiger partial charge >= 0.3 is 0 Å². The van der Waals surface area contributed by atoms with Crippen LogP contribution in [-0.2, 0) is 16.4 Å². The molecule has 148 valence electrons. The first-order valence-electron chi connectivity index (χ1n) is 8.90. The molecule has 7 nitrogen and oxygen atoms in total. The summed E-state index contributed by atoms with van der Waals surface area (Å²) in [4.78, 5) is 12.4. The van der Waals surface area contributed by atoms with Crippen molar-refractivity contribution in [1.29, 1.82) is 0 Å². The van der Waals surface area contributed by atoms with Crippen molar-refractivity contribution in [3.8, 4) is 18.0 Å². The lowest BCUT2D eigenvalue weighted by molar-refractivity contribution is 0.0954. The highest BCUT2D eigenvalue weighted by Gasteiger charge is 2.15. The summed E-state index contributed by atoms with van der Waals surface area (Å²) in [6.45, 7) is 0.310. The number of sulfonamides is 1. The number of carbonyl (C=O) groups excluding carboxylic acids is 1. The highest BCUT2D eigenvalue weighted by Crippen LogP contribution is 2.12. The minimum Gasteiger partial charge on any atom is -0.352 e. The quantitative estimate of drug-likeness (QED) is 0.556. The van der Waals surface area contributed by atoms with E-state index < -0.39 is 10.0 Å². The van der Waals surface area contributed by atoms with Crippen molar-refractivity contribution in [2.75, 3.05) is 13.1 Å². The van der Waals surface area contributed by atoms with Gasteiger partial charge in [-0.15, -0.1) is 6.42 Å². The number of benzene rings is 2. The van der Waals surface area contributed by atoms with E-state index in [4.69, 9.17) is 6.42 Å². The van der Waals surface area contributed by atoms with Crippen LogP contribution < -0.4 is 10.0 Å². The van der Waals surface area contributed by atoms with Crippen LogP contribution in [-0.4, -0.2) is 37.2 Å². The Labute approximate surface area is 169 Å². The second-order valence-electron chi connectivity index (χ2n) is 6.18. The molecule has 0 aliphatic rings. The molecule has 1 aromatic heterocycles. The molecular formula is C21H20N4O3S. The lowest BCUT2D eigenvalue weighted by Gasteiger charge is -2.08. The van der Waals surface area contributed by atoms with Crippen molar-refractivity contribution in [1.82, 2.24) is 19.8 Å². The molecule has 0 atom stereocenters. The fourth-order valence-electron chi connectivity index (χ4n) is 2.68. The molecular weight excluding hydrogens is 388 g/mol. The highest BCUT2D eigenvalue weighted by molar-refractivity contribution is 7.89. The third kappa shape index (κ3) is 5.31. The van der Waals surface area contributed by atoms with Gasteiger partial charge in [-0.25, -0.2) is 13.1 Å². The number of hydrogen-bond donors (Lipinski definition) is 2. The summed E-state index contributed by atoms with van der Waals surface area (Å²) < 4.78 is 28.3. The smallest absolute Gasteiger partial charge is 0.251 e. The maximum absolute atomic E-state index is 12.4. The first-order valence-corrected chi connectivity index (χ1v) is 10.4. The van der Waals surface area contributed by atoms with Crippen molar-refractivity contribution in [2.24, 2.45) is 0 Å². The van der Waals surface area contributed by atoms with Gasteiger partial charge in [-0.3, -0.25) is 4.79 Å². The van der Waals surface area contributed by atoms with Crippen LogP contribution in [0.15, 0.2) is 71.9 Å². The van der Waals surface area contributed by atoms with Gasteiger partial charge < -0.3 is 5.32 Å². The molecule has 1 amide bonds. The first-order chi connectivity index (χ1) is 14.0. The molecule has 0 unspecified atom stereocenters. The van der Waals surface area contributed by atoms with E-state index in [1.165, 1.54) is 18.2 Å². The molecule has 8 heteroatoms. The number of nitrogens with zero attached hydrogens (tertiary/aromatic N) is 2. The largest absolute Gasteiger partial charge is 0.352 e. The third-order valence-corrected chi connectivity index (χ3v) is 5.57. The van der Waals surface area contributed by atoms with Crippen molar-refractivity contribution >= 4 is 15.9 Å². The molecule has 3 aromatic rings. The summed E-state index contributed by atoms with van der Waals surface area (Å²) in [7, 11) is -3.74. The zero-order valence-electron chi connectivity index (χ0n) is 15.6. The lowest BCUT2D eigenvalue weighted by Crippen LogP contribution is -2.27. The number of aromatic nitrogens is 2. The van der Waals surface area contributed by atoms with Gasteiger partial charge in [0.1, 0.15) is 0 Å². The third-order valence-electron chi connectivity index (χ3n) is 4.18.